The summed E-state index contributed by atoms with van der Waals surface area (Å²) in [6, 6.07) is 6.20. The van der Waals surface area contributed by atoms with Gasteiger partial charge in [-0.2, -0.15) is 4.31 Å². The van der Waals surface area contributed by atoms with Crippen molar-refractivity contribution < 1.29 is 13.2 Å². The van der Waals surface area contributed by atoms with Gasteiger partial charge in [0.25, 0.3) is 0 Å². The number of carbonyl (C=O) groups is 1. The molecule has 1 fully saturated rings. The molecule has 1 heterocycles. The molecule has 1 aromatic carbocycles. The molecule has 1 unspecified atom stereocenters. The van der Waals surface area contributed by atoms with Crippen LogP contribution in [-0.2, 0) is 14.8 Å². The van der Waals surface area contributed by atoms with Crippen LogP contribution in [0.25, 0.3) is 0 Å². The van der Waals surface area contributed by atoms with Gasteiger partial charge in [0, 0.05) is 30.6 Å². The van der Waals surface area contributed by atoms with Gasteiger partial charge in [-0.05, 0) is 62.3 Å². The highest BCUT2D eigenvalue weighted by Crippen LogP contribution is 2.25. The van der Waals surface area contributed by atoms with E-state index in [1.165, 1.54) is 16.4 Å². The smallest absolute Gasteiger partial charge is 0.243 e. The molecule has 0 aromatic heterocycles. The van der Waals surface area contributed by atoms with Gasteiger partial charge in [0.05, 0.1) is 4.90 Å². The van der Waals surface area contributed by atoms with Crippen LogP contribution >= 0.6 is 11.6 Å². The molecule has 1 aliphatic carbocycles. The largest absolute Gasteiger partial charge is 0.356 e. The molecule has 0 spiro atoms. The van der Waals surface area contributed by atoms with Crippen molar-refractivity contribution in [1.82, 2.24) is 9.62 Å². The van der Waals surface area contributed by atoms with Gasteiger partial charge in [0.15, 0.2) is 0 Å². The lowest BCUT2D eigenvalue weighted by Gasteiger charge is -2.31. The Labute approximate surface area is 160 Å². The van der Waals surface area contributed by atoms with E-state index in [2.05, 4.69) is 17.5 Å². The van der Waals surface area contributed by atoms with E-state index >= 15 is 0 Å². The highest BCUT2D eigenvalue weighted by molar-refractivity contribution is 7.89. The maximum Gasteiger partial charge on any atom is 0.243 e. The Bertz CT molecular complexity index is 753. The Morgan fingerprint density at radius 3 is 2.42 bits per heavy atom. The number of benzene rings is 1. The van der Waals surface area contributed by atoms with Crippen LogP contribution in [0, 0.1) is 11.8 Å². The van der Waals surface area contributed by atoms with Gasteiger partial charge >= 0.3 is 0 Å². The van der Waals surface area contributed by atoms with E-state index in [4.69, 9.17) is 11.6 Å². The van der Waals surface area contributed by atoms with Crippen molar-refractivity contribution >= 4 is 27.5 Å². The van der Waals surface area contributed by atoms with Crippen molar-refractivity contribution in [1.29, 1.82) is 0 Å². The number of hydrogen-bond acceptors (Lipinski definition) is 3. The van der Waals surface area contributed by atoms with Gasteiger partial charge in [0.2, 0.25) is 15.9 Å². The van der Waals surface area contributed by atoms with E-state index in [0.29, 0.717) is 43.4 Å². The maximum atomic E-state index is 12.7. The van der Waals surface area contributed by atoms with Crippen LogP contribution < -0.4 is 5.32 Å². The lowest BCUT2D eigenvalue weighted by Crippen LogP contribution is -2.43. The molecule has 0 bridgehead atoms. The van der Waals surface area contributed by atoms with Crippen LogP contribution in [-0.4, -0.2) is 38.3 Å². The van der Waals surface area contributed by atoms with Crippen LogP contribution in [0.1, 0.15) is 32.1 Å². The molecule has 7 heteroatoms. The van der Waals surface area contributed by atoms with Crippen molar-refractivity contribution in [2.75, 3.05) is 19.6 Å². The molecule has 2 aliphatic rings. The topological polar surface area (TPSA) is 66.5 Å². The number of nitrogens with one attached hydrogen (secondary N) is 1. The average Bonchev–Trinajstić information content (AvgIpc) is 2.67. The van der Waals surface area contributed by atoms with Crippen molar-refractivity contribution in [2.45, 2.75) is 37.0 Å². The zero-order valence-electron chi connectivity index (χ0n) is 14.7. The van der Waals surface area contributed by atoms with Crippen LogP contribution in [0.15, 0.2) is 41.3 Å². The molecule has 1 aliphatic heterocycles. The fraction of sp³-hybridized carbons (Fsp3) is 0.526. The van der Waals surface area contributed by atoms with Crippen LogP contribution in [0.3, 0.4) is 0 Å². The first kappa shape index (κ1) is 19.4. The molecule has 1 saturated heterocycles. The van der Waals surface area contributed by atoms with Gasteiger partial charge in [-0.3, -0.25) is 4.79 Å². The average molecular weight is 397 g/mol. The summed E-state index contributed by atoms with van der Waals surface area (Å²) in [6.07, 6.45) is 8.72. The second kappa shape index (κ2) is 8.55. The molecule has 1 N–H and O–H groups in total. The van der Waals surface area contributed by atoms with E-state index in [-0.39, 0.29) is 16.7 Å². The van der Waals surface area contributed by atoms with E-state index in [9.17, 15) is 13.2 Å². The highest BCUT2D eigenvalue weighted by Gasteiger charge is 2.32. The van der Waals surface area contributed by atoms with E-state index in [0.717, 1.165) is 19.3 Å². The minimum Gasteiger partial charge on any atom is -0.356 e. The van der Waals surface area contributed by atoms with Gasteiger partial charge in [0.1, 0.15) is 0 Å². The summed E-state index contributed by atoms with van der Waals surface area (Å²) in [4.78, 5) is 12.6. The normalized spacial score (nSPS) is 22.3. The molecule has 5 nitrogen and oxygen atoms in total. The molecule has 26 heavy (non-hydrogen) atoms. The van der Waals surface area contributed by atoms with Crippen LogP contribution in [0.2, 0.25) is 5.02 Å². The number of carbonyl (C=O) groups excluding carboxylic acids is 1. The van der Waals surface area contributed by atoms with E-state index in [1.807, 2.05) is 0 Å². The molecular weight excluding hydrogens is 372 g/mol. The summed E-state index contributed by atoms with van der Waals surface area (Å²) >= 11 is 5.83. The molecule has 1 aromatic rings. The first-order valence-corrected chi connectivity index (χ1v) is 11.0. The van der Waals surface area contributed by atoms with Crippen molar-refractivity contribution in [2.24, 2.45) is 11.8 Å². The number of amides is 1. The lowest BCUT2D eigenvalue weighted by atomic mass is 9.93. The molecule has 1 amide bonds. The molecule has 3 rings (SSSR count). The molecule has 1 atom stereocenters. The fourth-order valence-corrected chi connectivity index (χ4v) is 5.14. The summed E-state index contributed by atoms with van der Waals surface area (Å²) in [5.41, 5.74) is 0. The Morgan fingerprint density at radius 1 is 1.12 bits per heavy atom. The number of hydrogen-bond donors (Lipinski definition) is 1. The maximum absolute atomic E-state index is 12.7. The molecule has 0 radical (unpaired) electrons. The molecule has 0 saturated carbocycles. The second-order valence-corrected chi connectivity index (χ2v) is 9.40. The summed E-state index contributed by atoms with van der Waals surface area (Å²) in [7, 11) is -3.52. The first-order valence-electron chi connectivity index (χ1n) is 9.15. The minimum absolute atomic E-state index is 0.0584. The third-order valence-electron chi connectivity index (χ3n) is 5.22. The molecular formula is C19H25ClN2O3S. The zero-order valence-corrected chi connectivity index (χ0v) is 16.3. The third kappa shape index (κ3) is 4.67. The second-order valence-electron chi connectivity index (χ2n) is 7.03. The summed E-state index contributed by atoms with van der Waals surface area (Å²) in [5.74, 6) is 0.475. The monoisotopic (exact) mass is 396 g/mol. The quantitative estimate of drug-likeness (QED) is 0.777. The number of nitrogens with zero attached hydrogens (tertiary/aromatic N) is 1. The van der Waals surface area contributed by atoms with Gasteiger partial charge < -0.3 is 5.32 Å². The van der Waals surface area contributed by atoms with E-state index < -0.39 is 10.0 Å². The van der Waals surface area contributed by atoms with Crippen LogP contribution in [0.4, 0.5) is 0 Å². The number of allylic oxidation sites excluding steroid dienone is 2. The Morgan fingerprint density at radius 2 is 1.81 bits per heavy atom. The Hall–Kier alpha value is -1.37. The SMILES string of the molecule is O=C(NCC1CC=CCC1)C1CCN(S(=O)(=O)c2ccc(Cl)cc2)CC1. The van der Waals surface area contributed by atoms with Gasteiger partial charge in [-0.1, -0.05) is 23.8 Å². The Balaban J connectivity index is 1.51. The van der Waals surface area contributed by atoms with Crippen LogP contribution in [0.5, 0.6) is 0 Å². The predicted octanol–water partition coefficient (Wildman–Crippen LogP) is 3.21. The predicted molar refractivity (Wildman–Crippen MR) is 102 cm³/mol. The first-order chi connectivity index (χ1) is 12.5. The Kier molecular flexibility index (Phi) is 6.37. The van der Waals surface area contributed by atoms with Crippen molar-refractivity contribution in [3.05, 3.63) is 41.4 Å². The standard InChI is InChI=1S/C19H25ClN2O3S/c20-17-6-8-18(9-7-17)26(24,25)22-12-10-16(11-13-22)19(23)21-14-15-4-2-1-3-5-15/h1-2,6-9,15-16H,3-5,10-14H2,(H,21,23). The highest BCUT2D eigenvalue weighted by atomic mass is 35.5. The van der Waals surface area contributed by atoms with Crippen molar-refractivity contribution in [3.63, 3.8) is 0 Å². The number of halogens is 1. The fourth-order valence-electron chi connectivity index (χ4n) is 3.54. The summed E-state index contributed by atoms with van der Waals surface area (Å²) < 4.78 is 26.8. The third-order valence-corrected chi connectivity index (χ3v) is 7.38. The van der Waals surface area contributed by atoms with Crippen molar-refractivity contribution in [3.8, 4) is 0 Å². The number of piperidine rings is 1. The minimum atomic E-state index is -3.52. The summed E-state index contributed by atoms with van der Waals surface area (Å²) in [6.45, 7) is 1.46. The summed E-state index contributed by atoms with van der Waals surface area (Å²) in [5, 5.41) is 3.57. The zero-order chi connectivity index (χ0) is 18.6. The van der Waals surface area contributed by atoms with E-state index in [1.54, 1.807) is 12.1 Å². The number of rotatable bonds is 5. The van der Waals surface area contributed by atoms with Gasteiger partial charge in [-0.25, -0.2) is 8.42 Å². The number of sulfonamides is 1. The lowest BCUT2D eigenvalue weighted by molar-refractivity contribution is -0.126. The van der Waals surface area contributed by atoms with Gasteiger partial charge in [-0.15, -0.1) is 0 Å². The molecule has 142 valence electrons.